The summed E-state index contributed by atoms with van der Waals surface area (Å²) in [5.41, 5.74) is 5.95. The van der Waals surface area contributed by atoms with Crippen molar-refractivity contribution in [3.05, 3.63) is 0 Å². The van der Waals surface area contributed by atoms with Gasteiger partial charge in [-0.15, -0.1) is 0 Å². The van der Waals surface area contributed by atoms with Crippen molar-refractivity contribution in [1.29, 1.82) is 0 Å². The highest BCUT2D eigenvalue weighted by atomic mass is 15.2. The summed E-state index contributed by atoms with van der Waals surface area (Å²) in [7, 11) is 0. The second-order valence-electron chi connectivity index (χ2n) is 4.34. The molecule has 0 spiro atoms. The van der Waals surface area contributed by atoms with Crippen molar-refractivity contribution < 1.29 is 0 Å². The average Bonchev–Trinajstić information content (AvgIpc) is 2.56. The quantitative estimate of drug-likeness (QED) is 0.640. The van der Waals surface area contributed by atoms with E-state index in [1.807, 2.05) is 0 Å². The molecule has 70 valence electrons. The Bertz CT molecular complexity index is 141. The second kappa shape index (κ2) is 3.75. The first-order chi connectivity index (χ1) is 5.86. The van der Waals surface area contributed by atoms with Crippen molar-refractivity contribution >= 4 is 0 Å². The largest absolute Gasteiger partial charge is 0.327 e. The van der Waals surface area contributed by atoms with Crippen molar-refractivity contribution in [2.45, 2.75) is 50.6 Å². The van der Waals surface area contributed by atoms with Crippen molar-refractivity contribution in [2.24, 2.45) is 5.73 Å². The maximum Gasteiger partial charge on any atom is 0.0168 e. The predicted octanol–water partition coefficient (Wildman–Crippen LogP) is 1.35. The van der Waals surface area contributed by atoms with E-state index in [2.05, 4.69) is 4.90 Å². The SMILES string of the molecule is N[C@H]1CCCN(C2CCCC2)C1. The fourth-order valence-corrected chi connectivity index (χ4v) is 2.64. The van der Waals surface area contributed by atoms with Crippen LogP contribution >= 0.6 is 0 Å². The Morgan fingerprint density at radius 2 is 1.75 bits per heavy atom. The standard InChI is InChI=1S/C10H20N2/c11-9-4-3-7-12(8-9)10-5-1-2-6-10/h9-10H,1-8,11H2/t9-/m0/s1. The van der Waals surface area contributed by atoms with Crippen molar-refractivity contribution in [2.75, 3.05) is 13.1 Å². The lowest BCUT2D eigenvalue weighted by Crippen LogP contribution is -2.46. The molecule has 1 atom stereocenters. The molecule has 2 rings (SSSR count). The summed E-state index contributed by atoms with van der Waals surface area (Å²) >= 11 is 0. The molecule has 1 saturated heterocycles. The van der Waals surface area contributed by atoms with Gasteiger partial charge in [0.1, 0.15) is 0 Å². The first kappa shape index (κ1) is 8.52. The van der Waals surface area contributed by atoms with Gasteiger partial charge in [0, 0.05) is 18.6 Å². The molecule has 0 aromatic carbocycles. The number of nitrogens with two attached hydrogens (primary N) is 1. The first-order valence-corrected chi connectivity index (χ1v) is 5.36. The van der Waals surface area contributed by atoms with Crippen LogP contribution < -0.4 is 5.73 Å². The third-order valence-corrected chi connectivity index (χ3v) is 3.33. The summed E-state index contributed by atoms with van der Waals surface area (Å²) in [5, 5.41) is 0. The summed E-state index contributed by atoms with van der Waals surface area (Å²) in [6.45, 7) is 2.46. The Labute approximate surface area is 75.1 Å². The van der Waals surface area contributed by atoms with Crippen LogP contribution in [0.5, 0.6) is 0 Å². The third-order valence-electron chi connectivity index (χ3n) is 3.33. The van der Waals surface area contributed by atoms with E-state index in [-0.39, 0.29) is 0 Å². The molecule has 1 aliphatic heterocycles. The van der Waals surface area contributed by atoms with Crippen LogP contribution in [0.15, 0.2) is 0 Å². The predicted molar refractivity (Wildman–Crippen MR) is 51.0 cm³/mol. The normalized spacial score (nSPS) is 34.2. The number of nitrogens with zero attached hydrogens (tertiary/aromatic N) is 1. The highest BCUT2D eigenvalue weighted by Crippen LogP contribution is 2.25. The Hall–Kier alpha value is -0.0800. The van der Waals surface area contributed by atoms with Gasteiger partial charge in [0.05, 0.1) is 0 Å². The van der Waals surface area contributed by atoms with Gasteiger partial charge >= 0.3 is 0 Å². The van der Waals surface area contributed by atoms with Crippen molar-refractivity contribution in [3.8, 4) is 0 Å². The van der Waals surface area contributed by atoms with Gasteiger partial charge in [-0.3, -0.25) is 4.90 Å². The first-order valence-electron chi connectivity index (χ1n) is 5.36. The summed E-state index contributed by atoms with van der Waals surface area (Å²) in [6, 6.07) is 1.34. The molecular weight excluding hydrogens is 148 g/mol. The molecule has 2 nitrogen and oxygen atoms in total. The maximum atomic E-state index is 5.95. The molecule has 2 aliphatic rings. The fraction of sp³-hybridized carbons (Fsp3) is 1.00. The molecule has 0 aromatic heterocycles. The summed E-state index contributed by atoms with van der Waals surface area (Å²) in [5.74, 6) is 0. The fourth-order valence-electron chi connectivity index (χ4n) is 2.64. The van der Waals surface area contributed by atoms with E-state index in [4.69, 9.17) is 5.73 Å². The number of hydrogen-bond donors (Lipinski definition) is 1. The molecule has 1 aliphatic carbocycles. The van der Waals surface area contributed by atoms with E-state index in [1.165, 1.54) is 45.1 Å². The second-order valence-corrected chi connectivity index (χ2v) is 4.34. The zero-order valence-corrected chi connectivity index (χ0v) is 7.84. The summed E-state index contributed by atoms with van der Waals surface area (Å²) < 4.78 is 0. The molecule has 2 N–H and O–H groups in total. The van der Waals surface area contributed by atoms with Crippen molar-refractivity contribution in [1.82, 2.24) is 4.90 Å². The van der Waals surface area contributed by atoms with E-state index in [9.17, 15) is 0 Å². The number of rotatable bonds is 1. The van der Waals surface area contributed by atoms with Crippen LogP contribution in [0.2, 0.25) is 0 Å². The summed E-state index contributed by atoms with van der Waals surface area (Å²) in [6.07, 6.45) is 8.28. The van der Waals surface area contributed by atoms with E-state index in [0.717, 1.165) is 12.6 Å². The van der Waals surface area contributed by atoms with Gasteiger partial charge in [0.15, 0.2) is 0 Å². The van der Waals surface area contributed by atoms with Crippen LogP contribution in [-0.4, -0.2) is 30.1 Å². The molecule has 0 radical (unpaired) electrons. The molecule has 1 heterocycles. The van der Waals surface area contributed by atoms with Gasteiger partial charge in [-0.25, -0.2) is 0 Å². The molecule has 2 fully saturated rings. The van der Waals surface area contributed by atoms with E-state index >= 15 is 0 Å². The van der Waals surface area contributed by atoms with E-state index < -0.39 is 0 Å². The van der Waals surface area contributed by atoms with Gasteiger partial charge in [-0.2, -0.15) is 0 Å². The molecule has 2 heteroatoms. The minimum absolute atomic E-state index is 0.458. The highest BCUT2D eigenvalue weighted by Gasteiger charge is 2.25. The van der Waals surface area contributed by atoms with Crippen LogP contribution in [0.1, 0.15) is 38.5 Å². The number of piperidine rings is 1. The Kier molecular flexibility index (Phi) is 2.66. The molecule has 0 unspecified atom stereocenters. The van der Waals surface area contributed by atoms with Gasteiger partial charge in [0.2, 0.25) is 0 Å². The van der Waals surface area contributed by atoms with Crippen LogP contribution in [-0.2, 0) is 0 Å². The molecular formula is C10H20N2. The van der Waals surface area contributed by atoms with Gasteiger partial charge < -0.3 is 5.73 Å². The number of hydrogen-bond acceptors (Lipinski definition) is 2. The Morgan fingerprint density at radius 1 is 1.00 bits per heavy atom. The maximum absolute atomic E-state index is 5.95. The highest BCUT2D eigenvalue weighted by molar-refractivity contribution is 4.83. The lowest BCUT2D eigenvalue weighted by molar-refractivity contribution is 0.151. The van der Waals surface area contributed by atoms with Crippen LogP contribution in [0, 0.1) is 0 Å². The van der Waals surface area contributed by atoms with Gasteiger partial charge in [-0.05, 0) is 32.2 Å². The zero-order chi connectivity index (χ0) is 8.39. The topological polar surface area (TPSA) is 29.3 Å². The van der Waals surface area contributed by atoms with E-state index in [0.29, 0.717) is 6.04 Å². The Morgan fingerprint density at radius 3 is 2.42 bits per heavy atom. The lowest BCUT2D eigenvalue weighted by Gasteiger charge is -2.35. The van der Waals surface area contributed by atoms with Crippen molar-refractivity contribution in [3.63, 3.8) is 0 Å². The van der Waals surface area contributed by atoms with E-state index in [1.54, 1.807) is 0 Å². The molecule has 12 heavy (non-hydrogen) atoms. The molecule has 0 amide bonds. The monoisotopic (exact) mass is 168 g/mol. The minimum Gasteiger partial charge on any atom is -0.327 e. The van der Waals surface area contributed by atoms with Crippen LogP contribution in [0.25, 0.3) is 0 Å². The number of likely N-dealkylation sites (tertiary alicyclic amines) is 1. The minimum atomic E-state index is 0.458. The zero-order valence-electron chi connectivity index (χ0n) is 7.84. The third kappa shape index (κ3) is 1.80. The van der Waals surface area contributed by atoms with Gasteiger partial charge in [-0.1, -0.05) is 12.8 Å². The molecule has 0 aromatic rings. The average molecular weight is 168 g/mol. The smallest absolute Gasteiger partial charge is 0.0168 e. The summed E-state index contributed by atoms with van der Waals surface area (Å²) in [4.78, 5) is 2.63. The molecule has 0 bridgehead atoms. The lowest BCUT2D eigenvalue weighted by atomic mass is 10.0. The van der Waals surface area contributed by atoms with Crippen LogP contribution in [0.4, 0.5) is 0 Å². The Balaban J connectivity index is 1.85. The molecule has 1 saturated carbocycles. The van der Waals surface area contributed by atoms with Crippen LogP contribution in [0.3, 0.4) is 0 Å². The van der Waals surface area contributed by atoms with Gasteiger partial charge in [0.25, 0.3) is 0 Å².